The van der Waals surface area contributed by atoms with E-state index in [0.717, 1.165) is 29.9 Å². The predicted molar refractivity (Wildman–Crippen MR) is 58.4 cm³/mol. The first kappa shape index (κ1) is 10.6. The van der Waals surface area contributed by atoms with Gasteiger partial charge in [0.1, 0.15) is 5.82 Å². The number of aliphatic hydroxyl groups excluding tert-OH is 1. The molecule has 0 radical (unpaired) electrons. The van der Waals surface area contributed by atoms with Gasteiger partial charge in [0.05, 0.1) is 6.10 Å². The Balaban J connectivity index is 2.34. The molecule has 1 aliphatic rings. The number of hydrogen-bond acceptors (Lipinski definition) is 3. The van der Waals surface area contributed by atoms with Gasteiger partial charge >= 0.3 is 0 Å². The van der Waals surface area contributed by atoms with E-state index in [4.69, 9.17) is 0 Å². The summed E-state index contributed by atoms with van der Waals surface area (Å²) >= 11 is 0. The summed E-state index contributed by atoms with van der Waals surface area (Å²) in [6.07, 6.45) is 3.41. The number of fused-ring (bicyclic) bond motifs is 1. The van der Waals surface area contributed by atoms with Crippen molar-refractivity contribution in [1.82, 2.24) is 9.97 Å². The van der Waals surface area contributed by atoms with Crippen LogP contribution in [-0.4, -0.2) is 15.1 Å². The van der Waals surface area contributed by atoms with Crippen LogP contribution in [0.2, 0.25) is 0 Å². The maximum Gasteiger partial charge on any atom is 0.125 e. The molecular weight excluding hydrogens is 188 g/mol. The molecule has 0 saturated heterocycles. The first-order valence-corrected chi connectivity index (χ1v) is 5.60. The Hall–Kier alpha value is -0.960. The lowest BCUT2D eigenvalue weighted by Crippen LogP contribution is -2.25. The van der Waals surface area contributed by atoms with Gasteiger partial charge < -0.3 is 5.11 Å². The molecule has 2 rings (SSSR count). The SMILES string of the molecule is Cc1ncc2c(n1)CCC(C(C)C)C2O. The Bertz CT molecular complexity index is 363. The molecule has 0 aliphatic heterocycles. The van der Waals surface area contributed by atoms with Crippen LogP contribution < -0.4 is 0 Å². The van der Waals surface area contributed by atoms with Crippen molar-refractivity contribution in [1.29, 1.82) is 0 Å². The highest BCUT2D eigenvalue weighted by molar-refractivity contribution is 5.24. The van der Waals surface area contributed by atoms with E-state index in [-0.39, 0.29) is 6.10 Å². The van der Waals surface area contributed by atoms with E-state index >= 15 is 0 Å². The summed E-state index contributed by atoms with van der Waals surface area (Å²) in [4.78, 5) is 8.55. The van der Waals surface area contributed by atoms with Crippen LogP contribution >= 0.6 is 0 Å². The molecule has 82 valence electrons. The molecule has 1 aromatic rings. The van der Waals surface area contributed by atoms with Crippen molar-refractivity contribution >= 4 is 0 Å². The van der Waals surface area contributed by atoms with Gasteiger partial charge in [-0.3, -0.25) is 0 Å². The summed E-state index contributed by atoms with van der Waals surface area (Å²) in [5, 5.41) is 10.2. The van der Waals surface area contributed by atoms with Crippen molar-refractivity contribution in [3.63, 3.8) is 0 Å². The number of hydrogen-bond donors (Lipinski definition) is 1. The molecule has 0 saturated carbocycles. The van der Waals surface area contributed by atoms with Crippen molar-refractivity contribution in [2.75, 3.05) is 0 Å². The van der Waals surface area contributed by atoms with E-state index in [2.05, 4.69) is 23.8 Å². The second kappa shape index (κ2) is 3.89. The molecule has 0 spiro atoms. The molecule has 1 heterocycles. The van der Waals surface area contributed by atoms with Gasteiger partial charge in [-0.15, -0.1) is 0 Å². The molecule has 3 nitrogen and oxygen atoms in total. The summed E-state index contributed by atoms with van der Waals surface area (Å²) in [7, 11) is 0. The van der Waals surface area contributed by atoms with Crippen molar-refractivity contribution in [3.8, 4) is 0 Å². The Morgan fingerprint density at radius 3 is 2.87 bits per heavy atom. The van der Waals surface area contributed by atoms with E-state index in [9.17, 15) is 5.11 Å². The van der Waals surface area contributed by atoms with Gasteiger partial charge in [0.2, 0.25) is 0 Å². The summed E-state index contributed by atoms with van der Waals surface area (Å²) in [5.41, 5.74) is 1.97. The van der Waals surface area contributed by atoms with Crippen LogP contribution in [0.25, 0.3) is 0 Å². The second-order valence-corrected chi connectivity index (χ2v) is 4.71. The second-order valence-electron chi connectivity index (χ2n) is 4.71. The Labute approximate surface area is 90.6 Å². The maximum absolute atomic E-state index is 10.2. The fourth-order valence-corrected chi connectivity index (χ4v) is 2.36. The third-order valence-electron chi connectivity index (χ3n) is 3.32. The number of aromatic nitrogens is 2. The fourth-order valence-electron chi connectivity index (χ4n) is 2.36. The minimum Gasteiger partial charge on any atom is -0.388 e. The molecule has 1 N–H and O–H groups in total. The van der Waals surface area contributed by atoms with Crippen LogP contribution in [0, 0.1) is 18.8 Å². The Kier molecular flexibility index (Phi) is 2.74. The summed E-state index contributed by atoms with van der Waals surface area (Å²) < 4.78 is 0. The van der Waals surface area contributed by atoms with Crippen molar-refractivity contribution in [3.05, 3.63) is 23.3 Å². The van der Waals surface area contributed by atoms with E-state index in [1.165, 1.54) is 0 Å². The highest BCUT2D eigenvalue weighted by atomic mass is 16.3. The molecule has 3 heteroatoms. The maximum atomic E-state index is 10.2. The van der Waals surface area contributed by atoms with Crippen LogP contribution in [0.1, 0.15) is 43.5 Å². The van der Waals surface area contributed by atoms with Gasteiger partial charge in [-0.2, -0.15) is 0 Å². The van der Waals surface area contributed by atoms with E-state index in [1.54, 1.807) is 6.20 Å². The Morgan fingerprint density at radius 1 is 1.47 bits per heavy atom. The van der Waals surface area contributed by atoms with Gasteiger partial charge in [-0.05, 0) is 31.6 Å². The standard InChI is InChI=1S/C12H18N2O/c1-7(2)9-4-5-11-10(12(9)15)6-13-8(3)14-11/h6-7,9,12,15H,4-5H2,1-3H3. The smallest absolute Gasteiger partial charge is 0.125 e. The molecule has 0 fully saturated rings. The van der Waals surface area contributed by atoms with Gasteiger partial charge in [-0.1, -0.05) is 13.8 Å². The molecule has 0 aromatic carbocycles. The summed E-state index contributed by atoms with van der Waals surface area (Å²) in [6.45, 7) is 6.21. The van der Waals surface area contributed by atoms with Crippen molar-refractivity contribution in [2.45, 2.75) is 39.7 Å². The molecule has 0 bridgehead atoms. The number of rotatable bonds is 1. The lowest BCUT2D eigenvalue weighted by Gasteiger charge is -2.31. The number of nitrogens with zero attached hydrogens (tertiary/aromatic N) is 2. The average Bonchev–Trinajstić information content (AvgIpc) is 2.17. The molecule has 15 heavy (non-hydrogen) atoms. The molecule has 1 aliphatic carbocycles. The van der Waals surface area contributed by atoms with Crippen molar-refractivity contribution < 1.29 is 5.11 Å². The summed E-state index contributed by atoms with van der Waals surface area (Å²) in [5.74, 6) is 1.65. The van der Waals surface area contributed by atoms with E-state index < -0.39 is 0 Å². The van der Waals surface area contributed by atoms with Crippen LogP contribution in [0.15, 0.2) is 6.20 Å². The monoisotopic (exact) mass is 206 g/mol. The van der Waals surface area contributed by atoms with Crippen LogP contribution in [0.3, 0.4) is 0 Å². The lowest BCUT2D eigenvalue weighted by atomic mass is 9.78. The predicted octanol–water partition coefficient (Wildman–Crippen LogP) is 2.04. The Morgan fingerprint density at radius 2 is 2.20 bits per heavy atom. The quantitative estimate of drug-likeness (QED) is 0.764. The van der Waals surface area contributed by atoms with E-state index in [1.807, 2.05) is 6.92 Å². The van der Waals surface area contributed by atoms with Gasteiger partial charge in [0, 0.05) is 17.5 Å². The third kappa shape index (κ3) is 1.88. The molecule has 2 atom stereocenters. The molecule has 1 aromatic heterocycles. The largest absolute Gasteiger partial charge is 0.388 e. The number of aliphatic hydroxyl groups is 1. The summed E-state index contributed by atoms with van der Waals surface area (Å²) in [6, 6.07) is 0. The van der Waals surface area contributed by atoms with Crippen LogP contribution in [0.4, 0.5) is 0 Å². The zero-order valence-electron chi connectivity index (χ0n) is 9.57. The average molecular weight is 206 g/mol. The highest BCUT2D eigenvalue weighted by Crippen LogP contribution is 2.37. The normalized spacial score (nSPS) is 25.4. The van der Waals surface area contributed by atoms with Gasteiger partial charge in [-0.25, -0.2) is 9.97 Å². The topological polar surface area (TPSA) is 46.0 Å². The first-order chi connectivity index (χ1) is 7.09. The van der Waals surface area contributed by atoms with E-state index in [0.29, 0.717) is 11.8 Å². The van der Waals surface area contributed by atoms with Gasteiger partial charge in [0.25, 0.3) is 0 Å². The van der Waals surface area contributed by atoms with Crippen LogP contribution in [-0.2, 0) is 6.42 Å². The molecule has 2 unspecified atom stereocenters. The lowest BCUT2D eigenvalue weighted by molar-refractivity contribution is 0.0655. The van der Waals surface area contributed by atoms with Gasteiger partial charge in [0.15, 0.2) is 0 Å². The van der Waals surface area contributed by atoms with Crippen LogP contribution in [0.5, 0.6) is 0 Å². The minimum atomic E-state index is -0.380. The zero-order valence-corrected chi connectivity index (χ0v) is 9.57. The van der Waals surface area contributed by atoms with Crippen molar-refractivity contribution in [2.24, 2.45) is 11.8 Å². The molecular formula is C12H18N2O. The zero-order chi connectivity index (χ0) is 11.0. The third-order valence-corrected chi connectivity index (χ3v) is 3.32. The minimum absolute atomic E-state index is 0.351. The first-order valence-electron chi connectivity index (χ1n) is 5.60. The highest BCUT2D eigenvalue weighted by Gasteiger charge is 2.30. The number of aryl methyl sites for hydroxylation is 2. The fraction of sp³-hybridized carbons (Fsp3) is 0.667. The molecule has 0 amide bonds.